The lowest BCUT2D eigenvalue weighted by molar-refractivity contribution is -0.136. The van der Waals surface area contributed by atoms with E-state index in [-0.39, 0.29) is 11.8 Å². The van der Waals surface area contributed by atoms with Gasteiger partial charge in [-0.1, -0.05) is 13.3 Å². The second kappa shape index (κ2) is 8.06. The molecule has 0 aliphatic heterocycles. The number of nitrogens with zero attached hydrogens (tertiary/aromatic N) is 1. The van der Waals surface area contributed by atoms with Crippen LogP contribution >= 0.6 is 0 Å². The van der Waals surface area contributed by atoms with Crippen molar-refractivity contribution in [2.45, 2.75) is 52.6 Å². The molecule has 0 aliphatic rings. The predicted molar refractivity (Wildman–Crippen MR) is 68.4 cm³/mol. The van der Waals surface area contributed by atoms with Crippen LogP contribution in [0.1, 0.15) is 40.5 Å². The van der Waals surface area contributed by atoms with Crippen LogP contribution in [0.5, 0.6) is 0 Å². The summed E-state index contributed by atoms with van der Waals surface area (Å²) >= 11 is 0. The van der Waals surface area contributed by atoms with Crippen LogP contribution in [0.3, 0.4) is 0 Å². The van der Waals surface area contributed by atoms with E-state index < -0.39 is 12.1 Å². The Balaban J connectivity index is 4.28. The molecule has 2 unspecified atom stereocenters. The summed E-state index contributed by atoms with van der Waals surface area (Å²) < 4.78 is 0. The lowest BCUT2D eigenvalue weighted by Crippen LogP contribution is -2.51. The lowest BCUT2D eigenvalue weighted by atomic mass is 10.1. The number of rotatable bonds is 7. The maximum absolute atomic E-state index is 11.9. The molecule has 5 heteroatoms. The topological polar surface area (TPSA) is 75.4 Å². The molecule has 3 N–H and O–H groups in total. The third-order valence-electron chi connectivity index (χ3n) is 2.74. The van der Waals surface area contributed by atoms with Crippen molar-refractivity contribution in [3.63, 3.8) is 0 Å². The van der Waals surface area contributed by atoms with Gasteiger partial charge in [0.15, 0.2) is 0 Å². The number of hydrogen-bond donors (Lipinski definition) is 2. The largest absolute Gasteiger partial charge is 0.343 e. The van der Waals surface area contributed by atoms with E-state index in [4.69, 9.17) is 5.73 Å². The van der Waals surface area contributed by atoms with E-state index in [1.807, 2.05) is 20.8 Å². The molecule has 0 aromatic heterocycles. The predicted octanol–water partition coefficient (Wildman–Crippen LogP) is 0.487. The van der Waals surface area contributed by atoms with Crippen LogP contribution in [0.15, 0.2) is 0 Å². The van der Waals surface area contributed by atoms with Crippen LogP contribution in [0.25, 0.3) is 0 Å². The van der Waals surface area contributed by atoms with Crippen LogP contribution < -0.4 is 11.1 Å². The van der Waals surface area contributed by atoms with Crippen LogP contribution in [0.2, 0.25) is 0 Å². The molecule has 0 heterocycles. The summed E-state index contributed by atoms with van der Waals surface area (Å²) in [5, 5.41) is 2.66. The maximum Gasteiger partial charge on any atom is 0.244 e. The SMILES string of the molecule is CCCC(N)C(=O)NC(C)C(=O)N(CC)CC. The minimum Gasteiger partial charge on any atom is -0.343 e. The first-order valence-electron chi connectivity index (χ1n) is 6.32. The third-order valence-corrected chi connectivity index (χ3v) is 2.74. The van der Waals surface area contributed by atoms with Gasteiger partial charge in [0, 0.05) is 13.1 Å². The first-order valence-corrected chi connectivity index (χ1v) is 6.32. The number of likely N-dealkylation sites (N-methyl/N-ethyl adjacent to an activating group) is 1. The van der Waals surface area contributed by atoms with Crippen LogP contribution in [0, 0.1) is 0 Å². The molecular formula is C12H25N3O2. The van der Waals surface area contributed by atoms with Crippen LogP contribution in [0.4, 0.5) is 0 Å². The van der Waals surface area contributed by atoms with Crippen molar-refractivity contribution in [3.05, 3.63) is 0 Å². The molecule has 0 aromatic rings. The summed E-state index contributed by atoms with van der Waals surface area (Å²) in [6.07, 6.45) is 1.49. The number of amides is 2. The van der Waals surface area contributed by atoms with Crippen molar-refractivity contribution in [3.8, 4) is 0 Å². The summed E-state index contributed by atoms with van der Waals surface area (Å²) in [7, 11) is 0. The van der Waals surface area contributed by atoms with Gasteiger partial charge in [0.2, 0.25) is 11.8 Å². The molecule has 5 nitrogen and oxygen atoms in total. The summed E-state index contributed by atoms with van der Waals surface area (Å²) in [4.78, 5) is 25.2. The Bertz CT molecular complexity index is 252. The Kier molecular flexibility index (Phi) is 7.54. The van der Waals surface area contributed by atoms with E-state index >= 15 is 0 Å². The Morgan fingerprint density at radius 1 is 1.24 bits per heavy atom. The molecule has 17 heavy (non-hydrogen) atoms. The molecule has 0 rings (SSSR count). The highest BCUT2D eigenvalue weighted by Gasteiger charge is 2.22. The maximum atomic E-state index is 11.9. The van der Waals surface area contributed by atoms with E-state index in [0.717, 1.165) is 6.42 Å². The number of hydrogen-bond acceptors (Lipinski definition) is 3. The van der Waals surface area contributed by atoms with Gasteiger partial charge in [0.05, 0.1) is 6.04 Å². The quantitative estimate of drug-likeness (QED) is 0.683. The van der Waals surface area contributed by atoms with Gasteiger partial charge in [-0.3, -0.25) is 9.59 Å². The smallest absolute Gasteiger partial charge is 0.244 e. The van der Waals surface area contributed by atoms with Crippen molar-refractivity contribution in [1.29, 1.82) is 0 Å². The number of carbonyl (C=O) groups excluding carboxylic acids is 2. The molecule has 0 saturated heterocycles. The Morgan fingerprint density at radius 3 is 2.18 bits per heavy atom. The van der Waals surface area contributed by atoms with Crippen LogP contribution in [-0.4, -0.2) is 41.9 Å². The molecule has 0 radical (unpaired) electrons. The first kappa shape index (κ1) is 15.9. The second-order valence-corrected chi connectivity index (χ2v) is 4.14. The monoisotopic (exact) mass is 243 g/mol. The van der Waals surface area contributed by atoms with Gasteiger partial charge in [0.1, 0.15) is 6.04 Å². The van der Waals surface area contributed by atoms with E-state index in [2.05, 4.69) is 5.32 Å². The van der Waals surface area contributed by atoms with Crippen molar-refractivity contribution in [2.75, 3.05) is 13.1 Å². The third kappa shape index (κ3) is 5.17. The number of carbonyl (C=O) groups is 2. The van der Waals surface area contributed by atoms with Gasteiger partial charge in [-0.05, 0) is 27.2 Å². The molecule has 0 aliphatic carbocycles. The highest BCUT2D eigenvalue weighted by Crippen LogP contribution is 1.98. The minimum atomic E-state index is -0.521. The van der Waals surface area contributed by atoms with E-state index in [1.54, 1.807) is 11.8 Å². The van der Waals surface area contributed by atoms with Crippen molar-refractivity contribution < 1.29 is 9.59 Å². The summed E-state index contributed by atoms with van der Waals surface area (Å²) in [6.45, 7) is 8.79. The Hall–Kier alpha value is -1.10. The lowest BCUT2D eigenvalue weighted by Gasteiger charge is -2.24. The van der Waals surface area contributed by atoms with Crippen molar-refractivity contribution in [2.24, 2.45) is 5.73 Å². The summed E-state index contributed by atoms with van der Waals surface area (Å²) in [5.41, 5.74) is 5.68. The molecule has 0 bridgehead atoms. The first-order chi connectivity index (χ1) is 7.97. The fraction of sp³-hybridized carbons (Fsp3) is 0.833. The zero-order chi connectivity index (χ0) is 13.4. The number of nitrogens with two attached hydrogens (primary N) is 1. The molecule has 2 amide bonds. The van der Waals surface area contributed by atoms with Crippen LogP contribution in [-0.2, 0) is 9.59 Å². The minimum absolute atomic E-state index is 0.0629. The highest BCUT2D eigenvalue weighted by molar-refractivity contribution is 5.89. The van der Waals surface area contributed by atoms with E-state index in [9.17, 15) is 9.59 Å². The second-order valence-electron chi connectivity index (χ2n) is 4.14. The molecule has 2 atom stereocenters. The fourth-order valence-corrected chi connectivity index (χ4v) is 1.63. The summed E-state index contributed by atoms with van der Waals surface area (Å²) in [6, 6.07) is -1.03. The van der Waals surface area contributed by atoms with Gasteiger partial charge >= 0.3 is 0 Å². The highest BCUT2D eigenvalue weighted by atomic mass is 16.2. The Labute approximate surface area is 104 Å². The van der Waals surface area contributed by atoms with Gasteiger partial charge in [-0.15, -0.1) is 0 Å². The van der Waals surface area contributed by atoms with E-state index in [1.165, 1.54) is 0 Å². The molecule has 0 aromatic carbocycles. The molecule has 0 saturated carbocycles. The normalized spacial score (nSPS) is 13.9. The Morgan fingerprint density at radius 2 is 1.76 bits per heavy atom. The standard InChI is InChI=1S/C12H25N3O2/c1-5-8-10(13)11(16)14-9(4)12(17)15(6-2)7-3/h9-10H,5-8,13H2,1-4H3,(H,14,16). The van der Waals surface area contributed by atoms with Gasteiger partial charge in [0.25, 0.3) is 0 Å². The molecular weight excluding hydrogens is 218 g/mol. The zero-order valence-electron chi connectivity index (χ0n) is 11.3. The summed E-state index contributed by atoms with van der Waals surface area (Å²) in [5.74, 6) is -0.313. The van der Waals surface area contributed by atoms with Gasteiger partial charge < -0.3 is 16.0 Å². The average Bonchev–Trinajstić information content (AvgIpc) is 2.30. The van der Waals surface area contributed by atoms with Gasteiger partial charge in [-0.25, -0.2) is 0 Å². The zero-order valence-corrected chi connectivity index (χ0v) is 11.3. The number of nitrogens with one attached hydrogen (secondary N) is 1. The van der Waals surface area contributed by atoms with Crippen molar-refractivity contribution >= 4 is 11.8 Å². The molecule has 0 spiro atoms. The average molecular weight is 243 g/mol. The molecule has 100 valence electrons. The van der Waals surface area contributed by atoms with Crippen molar-refractivity contribution in [1.82, 2.24) is 10.2 Å². The fourth-order valence-electron chi connectivity index (χ4n) is 1.63. The van der Waals surface area contributed by atoms with Gasteiger partial charge in [-0.2, -0.15) is 0 Å². The molecule has 0 fully saturated rings. The van der Waals surface area contributed by atoms with E-state index in [0.29, 0.717) is 19.5 Å².